The van der Waals surface area contributed by atoms with Crippen molar-refractivity contribution in [1.82, 2.24) is 4.90 Å². The second-order valence-electron chi connectivity index (χ2n) is 4.69. The van der Waals surface area contributed by atoms with Gasteiger partial charge >= 0.3 is 0 Å². The summed E-state index contributed by atoms with van der Waals surface area (Å²) in [6, 6.07) is 5.04. The predicted molar refractivity (Wildman–Crippen MR) is 76.3 cm³/mol. The average Bonchev–Trinajstić information content (AvgIpc) is 2.61. The zero-order chi connectivity index (χ0) is 14.2. The number of amides is 1. The second kappa shape index (κ2) is 5.35. The maximum Gasteiger partial charge on any atom is 0.295 e. The third-order valence-electron chi connectivity index (χ3n) is 3.00. The van der Waals surface area contributed by atoms with Crippen molar-refractivity contribution >= 4 is 41.0 Å². The first-order chi connectivity index (χ1) is 8.90. The molecule has 0 radical (unpaired) electrons. The van der Waals surface area contributed by atoms with E-state index in [9.17, 15) is 9.59 Å². The van der Waals surface area contributed by atoms with Gasteiger partial charge in [-0.25, -0.2) is 0 Å². The minimum atomic E-state index is -0.459. The van der Waals surface area contributed by atoms with Gasteiger partial charge < -0.3 is 4.90 Å². The van der Waals surface area contributed by atoms with Gasteiger partial charge in [0.1, 0.15) is 0 Å². The first-order valence-corrected chi connectivity index (χ1v) is 6.66. The molecule has 2 rings (SSSR count). The van der Waals surface area contributed by atoms with Crippen LogP contribution in [0.2, 0.25) is 10.0 Å². The lowest BCUT2D eigenvalue weighted by atomic mass is 10.1. The molecular formula is C14H13Cl2NO2. The van der Waals surface area contributed by atoms with E-state index in [0.717, 1.165) is 0 Å². The Kier molecular flexibility index (Phi) is 3.97. The fourth-order valence-corrected chi connectivity index (χ4v) is 2.39. The van der Waals surface area contributed by atoms with E-state index in [0.29, 0.717) is 27.7 Å². The number of halogens is 2. The van der Waals surface area contributed by atoms with E-state index >= 15 is 0 Å². The Morgan fingerprint density at radius 3 is 2.47 bits per heavy atom. The van der Waals surface area contributed by atoms with Crippen LogP contribution in [-0.4, -0.2) is 29.2 Å². The summed E-state index contributed by atoms with van der Waals surface area (Å²) in [5.74, 6) is -0.911. The number of carbonyl (C=O) groups is 2. The number of ketones is 1. The summed E-state index contributed by atoms with van der Waals surface area (Å²) in [6.45, 7) is 4.08. The molecule has 0 unspecified atom stereocenters. The Morgan fingerprint density at radius 2 is 1.95 bits per heavy atom. The number of benzene rings is 1. The quantitative estimate of drug-likeness (QED) is 0.621. The predicted octanol–water partition coefficient (Wildman–Crippen LogP) is 3.20. The van der Waals surface area contributed by atoms with E-state index in [4.69, 9.17) is 23.2 Å². The third-order valence-corrected chi connectivity index (χ3v) is 3.57. The van der Waals surface area contributed by atoms with Crippen molar-refractivity contribution < 1.29 is 9.59 Å². The molecule has 0 aromatic heterocycles. The van der Waals surface area contributed by atoms with Crippen LogP contribution in [0.1, 0.15) is 19.4 Å². The fraction of sp³-hybridized carbons (Fsp3) is 0.286. The van der Waals surface area contributed by atoms with Gasteiger partial charge in [0, 0.05) is 21.7 Å². The van der Waals surface area contributed by atoms with E-state index in [1.54, 1.807) is 24.3 Å². The van der Waals surface area contributed by atoms with E-state index in [-0.39, 0.29) is 6.04 Å². The van der Waals surface area contributed by atoms with Gasteiger partial charge in [0.2, 0.25) is 5.78 Å². The van der Waals surface area contributed by atoms with Crippen LogP contribution in [-0.2, 0) is 9.59 Å². The van der Waals surface area contributed by atoms with Crippen LogP contribution < -0.4 is 0 Å². The molecule has 0 saturated carbocycles. The van der Waals surface area contributed by atoms with Crippen LogP contribution in [0.25, 0.3) is 6.08 Å². The zero-order valence-corrected chi connectivity index (χ0v) is 12.1. The van der Waals surface area contributed by atoms with Crippen LogP contribution in [0, 0.1) is 0 Å². The van der Waals surface area contributed by atoms with E-state index in [1.165, 1.54) is 4.90 Å². The molecule has 1 aliphatic rings. The number of nitrogens with zero attached hydrogens (tertiary/aromatic N) is 1. The molecule has 0 atom stereocenters. The summed E-state index contributed by atoms with van der Waals surface area (Å²) in [4.78, 5) is 25.2. The molecule has 1 saturated heterocycles. The van der Waals surface area contributed by atoms with E-state index < -0.39 is 11.7 Å². The average molecular weight is 298 g/mol. The molecule has 0 aliphatic carbocycles. The van der Waals surface area contributed by atoms with Crippen molar-refractivity contribution in [2.24, 2.45) is 0 Å². The summed E-state index contributed by atoms with van der Waals surface area (Å²) < 4.78 is 0. The van der Waals surface area contributed by atoms with Crippen LogP contribution >= 0.6 is 23.2 Å². The molecule has 5 heteroatoms. The Balaban J connectivity index is 2.34. The minimum absolute atomic E-state index is 0.00281. The molecular weight excluding hydrogens is 285 g/mol. The van der Waals surface area contributed by atoms with Crippen molar-refractivity contribution in [3.8, 4) is 0 Å². The Hall–Kier alpha value is -1.32. The maximum atomic E-state index is 11.9. The first kappa shape index (κ1) is 14.1. The fourth-order valence-electron chi connectivity index (χ4n) is 1.93. The summed E-state index contributed by atoms with van der Waals surface area (Å²) in [5.41, 5.74) is 1.15. The number of carbonyl (C=O) groups excluding carboxylic acids is 2. The number of hydrogen-bond donors (Lipinski definition) is 0. The first-order valence-electron chi connectivity index (χ1n) is 5.91. The van der Waals surface area contributed by atoms with Gasteiger partial charge in [-0.05, 0) is 37.6 Å². The van der Waals surface area contributed by atoms with Crippen molar-refractivity contribution in [1.29, 1.82) is 0 Å². The highest BCUT2D eigenvalue weighted by Crippen LogP contribution is 2.25. The van der Waals surface area contributed by atoms with E-state index in [1.807, 2.05) is 13.8 Å². The van der Waals surface area contributed by atoms with Crippen molar-refractivity contribution in [2.45, 2.75) is 19.9 Å². The summed E-state index contributed by atoms with van der Waals surface area (Å²) >= 11 is 11.9. The molecule has 1 aromatic rings. The molecule has 0 bridgehead atoms. The van der Waals surface area contributed by atoms with Gasteiger partial charge in [0.15, 0.2) is 0 Å². The molecule has 1 aliphatic heterocycles. The van der Waals surface area contributed by atoms with Gasteiger partial charge in [-0.15, -0.1) is 0 Å². The SMILES string of the molecule is CC(C)N1CC(=Cc2ccc(Cl)cc2Cl)C(=O)C1=O. The number of Topliss-reactive ketones (excluding diaryl/α,β-unsaturated/α-hetero) is 1. The highest BCUT2D eigenvalue weighted by atomic mass is 35.5. The van der Waals surface area contributed by atoms with Gasteiger partial charge in [-0.3, -0.25) is 9.59 Å². The molecule has 0 spiro atoms. The van der Waals surface area contributed by atoms with Gasteiger partial charge in [-0.2, -0.15) is 0 Å². The molecule has 100 valence electrons. The number of rotatable bonds is 2. The van der Waals surface area contributed by atoms with Crippen LogP contribution in [0.3, 0.4) is 0 Å². The van der Waals surface area contributed by atoms with Crippen LogP contribution in [0.15, 0.2) is 23.8 Å². The van der Waals surface area contributed by atoms with E-state index in [2.05, 4.69) is 0 Å². The lowest BCUT2D eigenvalue weighted by Gasteiger charge is -2.18. The van der Waals surface area contributed by atoms with Gasteiger partial charge in [-0.1, -0.05) is 29.3 Å². The Morgan fingerprint density at radius 1 is 1.26 bits per heavy atom. The van der Waals surface area contributed by atoms with Crippen molar-refractivity contribution in [3.63, 3.8) is 0 Å². The summed E-state index contributed by atoms with van der Waals surface area (Å²) in [5, 5.41) is 0.994. The van der Waals surface area contributed by atoms with Crippen molar-refractivity contribution in [3.05, 3.63) is 39.4 Å². The molecule has 3 nitrogen and oxygen atoms in total. The summed E-state index contributed by atoms with van der Waals surface area (Å²) in [6.07, 6.45) is 1.65. The Labute approximate surface area is 121 Å². The largest absolute Gasteiger partial charge is 0.329 e. The standard InChI is InChI=1S/C14H13Cl2NO2/c1-8(2)17-7-10(13(18)14(17)19)5-9-3-4-11(15)6-12(9)16/h3-6,8H,7H2,1-2H3. The molecule has 1 heterocycles. The molecule has 1 fully saturated rings. The van der Waals surface area contributed by atoms with Crippen LogP contribution in [0.5, 0.6) is 0 Å². The zero-order valence-electron chi connectivity index (χ0n) is 10.6. The smallest absolute Gasteiger partial charge is 0.295 e. The maximum absolute atomic E-state index is 11.9. The lowest BCUT2D eigenvalue weighted by molar-refractivity contribution is -0.140. The normalized spacial score (nSPS) is 17.9. The van der Waals surface area contributed by atoms with Gasteiger partial charge in [0.05, 0.1) is 6.54 Å². The molecule has 1 aromatic carbocycles. The lowest BCUT2D eigenvalue weighted by Crippen LogP contribution is -2.33. The number of likely N-dealkylation sites (tertiary alicyclic amines) is 1. The second-order valence-corrected chi connectivity index (χ2v) is 5.53. The monoisotopic (exact) mass is 297 g/mol. The third kappa shape index (κ3) is 2.82. The molecule has 0 N–H and O–H groups in total. The van der Waals surface area contributed by atoms with Crippen molar-refractivity contribution in [2.75, 3.05) is 6.54 Å². The molecule has 1 amide bonds. The highest BCUT2D eigenvalue weighted by molar-refractivity contribution is 6.46. The summed E-state index contributed by atoms with van der Waals surface area (Å²) in [7, 11) is 0. The van der Waals surface area contributed by atoms with Gasteiger partial charge in [0.25, 0.3) is 5.91 Å². The van der Waals surface area contributed by atoms with Crippen LogP contribution in [0.4, 0.5) is 0 Å². The highest BCUT2D eigenvalue weighted by Gasteiger charge is 2.35. The minimum Gasteiger partial charge on any atom is -0.329 e. The topological polar surface area (TPSA) is 37.4 Å². The number of hydrogen-bond acceptors (Lipinski definition) is 2. The Bertz CT molecular complexity index is 579. The molecule has 19 heavy (non-hydrogen) atoms.